The summed E-state index contributed by atoms with van der Waals surface area (Å²) >= 11 is 11.9. The topological polar surface area (TPSA) is 50.8 Å². The summed E-state index contributed by atoms with van der Waals surface area (Å²) < 4.78 is 11.9. The number of ether oxygens (including phenoxy) is 2. The Balaban J connectivity index is 1.92. The lowest BCUT2D eigenvalue weighted by Crippen LogP contribution is -2.71. The molecule has 1 fully saturated rings. The van der Waals surface area contributed by atoms with Gasteiger partial charge in [0.05, 0.1) is 12.6 Å². The van der Waals surface area contributed by atoms with Crippen LogP contribution < -0.4 is 15.0 Å². The molecule has 2 aliphatic rings. The molecule has 0 aromatic heterocycles. The molecule has 1 saturated heterocycles. The molecule has 2 heterocycles. The summed E-state index contributed by atoms with van der Waals surface area (Å²) in [7, 11) is 0. The maximum absolute atomic E-state index is 13.0. The standard InChI is InChI=1S/C21H21ClN2O3S/c1-4-26-19(25)17-18-14-11-13(22)9-10-16(14)27-21(17,3)24(20(28)23-18)15-8-6-5-7-12(15)2/h5-11,17-18H,4H2,1-3H3,(H,23,28). The van der Waals surface area contributed by atoms with Crippen molar-refractivity contribution in [1.82, 2.24) is 5.32 Å². The smallest absolute Gasteiger partial charge is 0.317 e. The normalized spacial score (nSPS) is 25.4. The molecular formula is C21H21ClN2O3S. The number of rotatable bonds is 3. The van der Waals surface area contributed by atoms with Crippen LogP contribution in [-0.2, 0) is 9.53 Å². The number of hydrogen-bond donors (Lipinski definition) is 1. The zero-order valence-corrected chi connectivity index (χ0v) is 17.4. The summed E-state index contributed by atoms with van der Waals surface area (Å²) in [5, 5.41) is 4.40. The highest BCUT2D eigenvalue weighted by Crippen LogP contribution is 2.50. The van der Waals surface area contributed by atoms with Gasteiger partial charge in [-0.15, -0.1) is 0 Å². The first-order chi connectivity index (χ1) is 13.4. The fourth-order valence-corrected chi connectivity index (χ4v) is 4.71. The molecule has 2 bridgehead atoms. The highest BCUT2D eigenvalue weighted by atomic mass is 35.5. The van der Waals surface area contributed by atoms with Gasteiger partial charge in [-0.25, -0.2) is 0 Å². The molecule has 4 rings (SSSR count). The second-order valence-corrected chi connectivity index (χ2v) is 7.94. The lowest BCUT2D eigenvalue weighted by Gasteiger charge is -2.55. The van der Waals surface area contributed by atoms with E-state index in [0.717, 1.165) is 16.8 Å². The van der Waals surface area contributed by atoms with E-state index in [0.29, 0.717) is 15.9 Å². The predicted octanol–water partition coefficient (Wildman–Crippen LogP) is 4.37. The number of aryl methyl sites for hydroxylation is 1. The summed E-state index contributed by atoms with van der Waals surface area (Å²) in [5.74, 6) is -0.301. The third-order valence-corrected chi connectivity index (χ3v) is 5.89. The minimum Gasteiger partial charge on any atom is -0.466 e. The number of halogens is 1. The Morgan fingerprint density at radius 3 is 2.82 bits per heavy atom. The lowest BCUT2D eigenvalue weighted by molar-refractivity contribution is -0.159. The first-order valence-corrected chi connectivity index (χ1v) is 9.97. The highest BCUT2D eigenvalue weighted by Gasteiger charge is 2.60. The quantitative estimate of drug-likeness (QED) is 0.592. The van der Waals surface area contributed by atoms with Gasteiger partial charge in [0.2, 0.25) is 5.72 Å². The number of esters is 1. The molecule has 0 saturated carbocycles. The van der Waals surface area contributed by atoms with Gasteiger partial charge >= 0.3 is 5.97 Å². The van der Waals surface area contributed by atoms with E-state index in [4.69, 9.17) is 33.3 Å². The number of benzene rings is 2. The number of thiocarbonyl (C=S) groups is 1. The van der Waals surface area contributed by atoms with E-state index in [1.165, 1.54) is 0 Å². The van der Waals surface area contributed by atoms with Gasteiger partial charge in [-0.05, 0) is 62.8 Å². The number of hydrogen-bond acceptors (Lipinski definition) is 4. The predicted molar refractivity (Wildman–Crippen MR) is 113 cm³/mol. The molecule has 2 aromatic rings. The first kappa shape index (κ1) is 19.0. The van der Waals surface area contributed by atoms with Crippen LogP contribution in [0, 0.1) is 12.8 Å². The molecule has 5 nitrogen and oxygen atoms in total. The van der Waals surface area contributed by atoms with E-state index < -0.39 is 11.6 Å². The van der Waals surface area contributed by atoms with Crippen LogP contribution in [0.25, 0.3) is 0 Å². The Hall–Kier alpha value is -2.31. The van der Waals surface area contributed by atoms with E-state index >= 15 is 0 Å². The van der Waals surface area contributed by atoms with Crippen LogP contribution in [0.15, 0.2) is 42.5 Å². The fourth-order valence-electron chi connectivity index (χ4n) is 4.12. The van der Waals surface area contributed by atoms with Gasteiger partial charge in [-0.1, -0.05) is 29.8 Å². The number of carbonyl (C=O) groups excluding carboxylic acids is 1. The Labute approximate surface area is 174 Å². The van der Waals surface area contributed by atoms with E-state index in [2.05, 4.69) is 5.32 Å². The number of anilines is 1. The molecule has 7 heteroatoms. The van der Waals surface area contributed by atoms with Crippen molar-refractivity contribution < 1.29 is 14.3 Å². The minimum atomic E-state index is -1.05. The molecule has 0 amide bonds. The zero-order chi connectivity index (χ0) is 20.1. The average Bonchev–Trinajstić information content (AvgIpc) is 2.63. The Morgan fingerprint density at radius 2 is 2.11 bits per heavy atom. The van der Waals surface area contributed by atoms with Crippen LogP contribution in [0.5, 0.6) is 5.75 Å². The number of carbonyl (C=O) groups is 1. The van der Waals surface area contributed by atoms with Crippen LogP contribution in [0.4, 0.5) is 5.69 Å². The van der Waals surface area contributed by atoms with E-state index in [1.54, 1.807) is 13.0 Å². The van der Waals surface area contributed by atoms with Crippen molar-refractivity contribution >= 4 is 40.6 Å². The Bertz CT molecular complexity index is 966. The van der Waals surface area contributed by atoms with Gasteiger partial charge in [-0.3, -0.25) is 9.69 Å². The third-order valence-electron chi connectivity index (χ3n) is 5.36. The Kier molecular flexibility index (Phi) is 4.71. The zero-order valence-electron chi connectivity index (χ0n) is 15.9. The van der Waals surface area contributed by atoms with Crippen LogP contribution in [0.1, 0.15) is 31.0 Å². The molecule has 3 atom stereocenters. The molecule has 1 N–H and O–H groups in total. The van der Waals surface area contributed by atoms with Crippen molar-refractivity contribution in [2.24, 2.45) is 5.92 Å². The second-order valence-electron chi connectivity index (χ2n) is 7.12. The summed E-state index contributed by atoms with van der Waals surface area (Å²) in [6, 6.07) is 12.9. The van der Waals surface area contributed by atoms with Crippen LogP contribution in [0.3, 0.4) is 0 Å². The van der Waals surface area contributed by atoms with Gasteiger partial charge in [0.15, 0.2) is 5.11 Å². The largest absolute Gasteiger partial charge is 0.466 e. The summed E-state index contributed by atoms with van der Waals surface area (Å²) in [6.45, 7) is 5.97. The third kappa shape index (κ3) is 2.83. The average molecular weight is 417 g/mol. The monoisotopic (exact) mass is 416 g/mol. The molecule has 0 aliphatic carbocycles. The fraction of sp³-hybridized carbons (Fsp3) is 0.333. The second kappa shape index (κ2) is 6.94. The molecule has 2 aliphatic heterocycles. The van der Waals surface area contributed by atoms with Gasteiger partial charge in [0, 0.05) is 16.3 Å². The van der Waals surface area contributed by atoms with E-state index in [1.807, 2.05) is 55.1 Å². The molecule has 0 spiro atoms. The van der Waals surface area contributed by atoms with Crippen molar-refractivity contribution in [1.29, 1.82) is 0 Å². The highest BCUT2D eigenvalue weighted by molar-refractivity contribution is 7.80. The van der Waals surface area contributed by atoms with Crippen LogP contribution in [0.2, 0.25) is 5.02 Å². The van der Waals surface area contributed by atoms with Crippen molar-refractivity contribution in [3.05, 3.63) is 58.6 Å². The maximum Gasteiger partial charge on any atom is 0.317 e. The minimum absolute atomic E-state index is 0.287. The SMILES string of the molecule is CCOC(=O)C1C2NC(=S)N(c3ccccc3C)C1(C)Oc1ccc(Cl)cc12. The van der Waals surface area contributed by atoms with Crippen molar-refractivity contribution in [3.63, 3.8) is 0 Å². The summed E-state index contributed by atoms with van der Waals surface area (Å²) in [6.07, 6.45) is 0. The number of fused-ring (bicyclic) bond motifs is 4. The number of nitrogens with one attached hydrogen (secondary N) is 1. The molecule has 28 heavy (non-hydrogen) atoms. The Morgan fingerprint density at radius 1 is 1.36 bits per heavy atom. The molecule has 3 unspecified atom stereocenters. The van der Waals surface area contributed by atoms with Crippen molar-refractivity contribution in [3.8, 4) is 5.75 Å². The molecule has 146 valence electrons. The molecular weight excluding hydrogens is 396 g/mol. The van der Waals surface area contributed by atoms with Gasteiger partial charge < -0.3 is 14.8 Å². The lowest BCUT2D eigenvalue weighted by atomic mass is 9.79. The molecule has 2 aromatic carbocycles. The summed E-state index contributed by atoms with van der Waals surface area (Å²) in [5.41, 5.74) is 1.66. The van der Waals surface area contributed by atoms with Crippen LogP contribution in [-0.4, -0.2) is 23.4 Å². The van der Waals surface area contributed by atoms with E-state index in [-0.39, 0.29) is 18.6 Å². The van der Waals surface area contributed by atoms with Gasteiger partial charge in [0.1, 0.15) is 11.7 Å². The van der Waals surface area contributed by atoms with E-state index in [9.17, 15) is 4.79 Å². The van der Waals surface area contributed by atoms with Crippen LogP contribution >= 0.6 is 23.8 Å². The summed E-state index contributed by atoms with van der Waals surface area (Å²) in [4.78, 5) is 14.9. The maximum atomic E-state index is 13.0. The molecule has 0 radical (unpaired) electrons. The first-order valence-electron chi connectivity index (χ1n) is 9.18. The van der Waals surface area contributed by atoms with Gasteiger partial charge in [-0.2, -0.15) is 0 Å². The van der Waals surface area contributed by atoms with Gasteiger partial charge in [0.25, 0.3) is 0 Å². The van der Waals surface area contributed by atoms with Crippen molar-refractivity contribution in [2.45, 2.75) is 32.5 Å². The number of nitrogens with zero attached hydrogens (tertiary/aromatic N) is 1. The van der Waals surface area contributed by atoms with Crippen molar-refractivity contribution in [2.75, 3.05) is 11.5 Å². The number of para-hydroxylation sites is 1.